The summed E-state index contributed by atoms with van der Waals surface area (Å²) in [7, 11) is 1.68. The van der Waals surface area contributed by atoms with Crippen molar-refractivity contribution in [3.63, 3.8) is 0 Å². The summed E-state index contributed by atoms with van der Waals surface area (Å²) in [6.07, 6.45) is 3.49. The smallest absolute Gasteiger partial charge is 0.216 e. The molecular formula is C35H44N2O6. The molecule has 0 saturated carbocycles. The maximum atomic E-state index is 11.3. The second-order valence-electron chi connectivity index (χ2n) is 11.2. The van der Waals surface area contributed by atoms with Gasteiger partial charge in [-0.2, -0.15) is 0 Å². The molecule has 230 valence electrons. The molecule has 1 saturated heterocycles. The molecule has 0 aromatic heterocycles. The van der Waals surface area contributed by atoms with Crippen molar-refractivity contribution in [1.82, 2.24) is 10.6 Å². The number of rotatable bonds is 15. The topological polar surface area (TPSA) is 87.3 Å². The summed E-state index contributed by atoms with van der Waals surface area (Å²) >= 11 is 0. The molecule has 5 rings (SSSR count). The molecule has 0 bridgehead atoms. The second kappa shape index (κ2) is 15.8. The third kappa shape index (κ3) is 8.72. The number of piperidine rings is 1. The molecule has 1 fully saturated rings. The average Bonchev–Trinajstić information content (AvgIpc) is 3.46. The van der Waals surface area contributed by atoms with Gasteiger partial charge >= 0.3 is 0 Å². The Hall–Kier alpha value is -3.59. The summed E-state index contributed by atoms with van der Waals surface area (Å²) in [5.74, 6) is 2.97. The summed E-state index contributed by atoms with van der Waals surface area (Å²) in [5.41, 5.74) is 4.67. The Morgan fingerprint density at radius 2 is 1.86 bits per heavy atom. The molecule has 2 heterocycles. The molecule has 8 heteroatoms. The van der Waals surface area contributed by atoms with Crippen LogP contribution < -0.4 is 24.8 Å². The van der Waals surface area contributed by atoms with Crippen LogP contribution in [0, 0.1) is 0 Å². The number of para-hydroxylation sites is 2. The summed E-state index contributed by atoms with van der Waals surface area (Å²) in [4.78, 5) is 11.3. The largest absolute Gasteiger partial charge is 0.496 e. The van der Waals surface area contributed by atoms with Gasteiger partial charge in [-0.25, -0.2) is 0 Å². The maximum Gasteiger partial charge on any atom is 0.216 e. The molecule has 0 aliphatic carbocycles. The van der Waals surface area contributed by atoms with Crippen LogP contribution in [0.2, 0.25) is 0 Å². The highest BCUT2D eigenvalue weighted by atomic mass is 16.5. The lowest BCUT2D eigenvalue weighted by atomic mass is 9.87. The standard InChI is InChI=1S/C35H44N2O6/c1-25(38)37-18-15-27-8-5-9-28-21-31(43-35(27)28)24-42-34-22-36-17-16-32(34)26-11-13-30(14-12-26)41-20-6-19-40-23-29-7-3-4-10-33(29)39-2/h3-5,7-14,31-32,34,36H,6,15-24H2,1-2H3,(H,37,38)/t31-,32?,34-/m1/s1. The van der Waals surface area contributed by atoms with Crippen LogP contribution in [0.25, 0.3) is 0 Å². The monoisotopic (exact) mass is 588 g/mol. The fourth-order valence-electron chi connectivity index (χ4n) is 5.85. The van der Waals surface area contributed by atoms with Gasteiger partial charge in [-0.1, -0.05) is 48.5 Å². The van der Waals surface area contributed by atoms with E-state index >= 15 is 0 Å². The van der Waals surface area contributed by atoms with E-state index in [0.717, 1.165) is 67.1 Å². The first-order valence-corrected chi connectivity index (χ1v) is 15.4. The maximum absolute atomic E-state index is 11.3. The van der Waals surface area contributed by atoms with Gasteiger partial charge in [0.25, 0.3) is 0 Å². The predicted molar refractivity (Wildman–Crippen MR) is 166 cm³/mol. The van der Waals surface area contributed by atoms with Crippen LogP contribution >= 0.6 is 0 Å². The minimum absolute atomic E-state index is 0.00558. The first-order valence-electron chi connectivity index (χ1n) is 15.4. The number of ether oxygens (including phenoxy) is 5. The molecular weight excluding hydrogens is 544 g/mol. The highest BCUT2D eigenvalue weighted by molar-refractivity contribution is 5.72. The van der Waals surface area contributed by atoms with Crippen molar-refractivity contribution < 1.29 is 28.5 Å². The first-order chi connectivity index (χ1) is 21.1. The van der Waals surface area contributed by atoms with Crippen molar-refractivity contribution in [2.45, 2.75) is 57.3 Å². The molecule has 0 spiro atoms. The van der Waals surface area contributed by atoms with Crippen LogP contribution in [-0.2, 0) is 33.7 Å². The molecule has 8 nitrogen and oxygen atoms in total. The van der Waals surface area contributed by atoms with Gasteiger partial charge in [-0.3, -0.25) is 4.79 Å². The first kappa shape index (κ1) is 30.9. The van der Waals surface area contributed by atoms with Gasteiger partial charge in [-0.15, -0.1) is 0 Å². The van der Waals surface area contributed by atoms with Gasteiger partial charge < -0.3 is 34.3 Å². The van der Waals surface area contributed by atoms with Crippen LogP contribution in [0.3, 0.4) is 0 Å². The van der Waals surface area contributed by atoms with E-state index in [2.05, 4.69) is 53.1 Å². The van der Waals surface area contributed by atoms with Gasteiger partial charge in [0.2, 0.25) is 5.91 Å². The van der Waals surface area contributed by atoms with Crippen molar-refractivity contribution in [2.24, 2.45) is 0 Å². The second-order valence-corrected chi connectivity index (χ2v) is 11.2. The van der Waals surface area contributed by atoms with Crippen LogP contribution in [0.15, 0.2) is 66.7 Å². The number of hydrogen-bond acceptors (Lipinski definition) is 7. The number of carbonyl (C=O) groups excluding carboxylic acids is 1. The third-order valence-corrected chi connectivity index (χ3v) is 8.06. The Morgan fingerprint density at radius 3 is 2.70 bits per heavy atom. The van der Waals surface area contributed by atoms with E-state index in [1.54, 1.807) is 14.0 Å². The number of nitrogens with one attached hydrogen (secondary N) is 2. The number of hydrogen-bond donors (Lipinski definition) is 2. The summed E-state index contributed by atoms with van der Waals surface area (Å²) in [6.45, 7) is 6.23. The highest BCUT2D eigenvalue weighted by Gasteiger charge is 2.31. The molecule has 0 radical (unpaired) electrons. The molecule has 1 unspecified atom stereocenters. The van der Waals surface area contributed by atoms with E-state index in [1.807, 2.05) is 24.3 Å². The normalized spacial score (nSPS) is 19.3. The molecule has 43 heavy (non-hydrogen) atoms. The quantitative estimate of drug-likeness (QED) is 0.246. The van der Waals surface area contributed by atoms with E-state index < -0.39 is 0 Å². The minimum atomic E-state index is -0.0141. The fourth-order valence-corrected chi connectivity index (χ4v) is 5.85. The molecule has 1 amide bonds. The van der Waals surface area contributed by atoms with Gasteiger partial charge in [-0.05, 0) is 54.3 Å². The van der Waals surface area contributed by atoms with Crippen LogP contribution in [0.5, 0.6) is 17.2 Å². The summed E-state index contributed by atoms with van der Waals surface area (Å²) in [5, 5.41) is 6.37. The predicted octanol–water partition coefficient (Wildman–Crippen LogP) is 4.83. The SMILES string of the molecule is COc1ccccc1COCCCOc1ccc(C2CCNC[C@H]2OC[C@H]2Cc3cccc(CCNC(C)=O)c3O2)cc1. The van der Waals surface area contributed by atoms with Gasteiger partial charge in [0.1, 0.15) is 23.4 Å². The zero-order chi connectivity index (χ0) is 29.9. The lowest BCUT2D eigenvalue weighted by Crippen LogP contribution is -2.42. The molecule has 3 aromatic rings. The van der Waals surface area contributed by atoms with Crippen molar-refractivity contribution in [3.8, 4) is 17.2 Å². The van der Waals surface area contributed by atoms with Crippen molar-refractivity contribution >= 4 is 5.91 Å². The van der Waals surface area contributed by atoms with Gasteiger partial charge in [0, 0.05) is 44.3 Å². The van der Waals surface area contributed by atoms with Crippen LogP contribution in [-0.4, -0.2) is 64.7 Å². The van der Waals surface area contributed by atoms with E-state index in [0.29, 0.717) is 38.9 Å². The molecule has 2 N–H and O–H groups in total. The highest BCUT2D eigenvalue weighted by Crippen LogP contribution is 2.34. The van der Waals surface area contributed by atoms with E-state index in [-0.39, 0.29) is 18.1 Å². The van der Waals surface area contributed by atoms with Crippen molar-refractivity contribution in [1.29, 1.82) is 0 Å². The van der Waals surface area contributed by atoms with E-state index in [4.69, 9.17) is 23.7 Å². The fraction of sp³-hybridized carbons (Fsp3) is 0.457. The Bertz CT molecular complexity index is 1310. The Kier molecular flexibility index (Phi) is 11.3. The van der Waals surface area contributed by atoms with Crippen LogP contribution in [0.1, 0.15) is 47.9 Å². The molecule has 3 aromatic carbocycles. The van der Waals surface area contributed by atoms with Gasteiger partial charge in [0.05, 0.1) is 39.6 Å². The number of fused-ring (bicyclic) bond motifs is 1. The van der Waals surface area contributed by atoms with Crippen molar-refractivity contribution in [3.05, 3.63) is 89.0 Å². The number of methoxy groups -OCH3 is 1. The van der Waals surface area contributed by atoms with E-state index in [9.17, 15) is 4.79 Å². The lowest BCUT2D eigenvalue weighted by Gasteiger charge is -2.33. The third-order valence-electron chi connectivity index (χ3n) is 8.06. The Balaban J connectivity index is 1.05. The van der Waals surface area contributed by atoms with Crippen molar-refractivity contribution in [2.75, 3.05) is 46.6 Å². The minimum Gasteiger partial charge on any atom is -0.496 e. The number of carbonyl (C=O) groups is 1. The number of benzene rings is 3. The Morgan fingerprint density at radius 1 is 1.02 bits per heavy atom. The number of amides is 1. The van der Waals surface area contributed by atoms with Gasteiger partial charge in [0.15, 0.2) is 0 Å². The molecule has 2 aliphatic rings. The summed E-state index contributed by atoms with van der Waals surface area (Å²) in [6, 6.07) is 22.6. The van der Waals surface area contributed by atoms with Crippen LogP contribution in [0.4, 0.5) is 0 Å². The zero-order valence-electron chi connectivity index (χ0n) is 25.3. The molecule has 3 atom stereocenters. The average molecular weight is 589 g/mol. The molecule has 2 aliphatic heterocycles. The Labute approximate surface area is 255 Å². The zero-order valence-corrected chi connectivity index (χ0v) is 25.3. The van der Waals surface area contributed by atoms with E-state index in [1.165, 1.54) is 11.1 Å². The summed E-state index contributed by atoms with van der Waals surface area (Å²) < 4.78 is 30.0. The lowest BCUT2D eigenvalue weighted by molar-refractivity contribution is -0.118.